The zero-order chi connectivity index (χ0) is 14.8. The molecule has 1 aliphatic rings. The fourth-order valence-electron chi connectivity index (χ4n) is 2.15. The molecule has 2 rings (SSSR count). The van der Waals surface area contributed by atoms with Crippen molar-refractivity contribution < 1.29 is 17.9 Å². The molecule has 0 unspecified atom stereocenters. The largest absolute Gasteiger partial charge is 0.416 e. The van der Waals surface area contributed by atoms with Gasteiger partial charge >= 0.3 is 6.18 Å². The van der Waals surface area contributed by atoms with Crippen LogP contribution in [0.2, 0.25) is 0 Å². The van der Waals surface area contributed by atoms with Gasteiger partial charge in [0, 0.05) is 19.3 Å². The molecule has 8 heteroatoms. The Balaban J connectivity index is 0.00000220. The van der Waals surface area contributed by atoms with E-state index in [9.17, 15) is 13.2 Å². The van der Waals surface area contributed by atoms with Gasteiger partial charge in [-0.1, -0.05) is 0 Å². The standard InChI is InChI=1S/C13H18F3N3O.ClH/c1-8-6-18-11(9(2)20-8)7-19-12-5-10(3-4-17-12)13(14,15)16;/h3-5,8-9,11,18H,6-7H2,1-2H3,(H,17,19);1H/t8-,9-,11+;/m0./s1. The molecule has 0 amide bonds. The summed E-state index contributed by atoms with van der Waals surface area (Å²) in [6.07, 6.45) is -3.06. The van der Waals surface area contributed by atoms with Crippen molar-refractivity contribution in [1.82, 2.24) is 10.3 Å². The van der Waals surface area contributed by atoms with Crippen molar-refractivity contribution in [2.24, 2.45) is 0 Å². The van der Waals surface area contributed by atoms with Crippen molar-refractivity contribution in [3.05, 3.63) is 23.9 Å². The average molecular weight is 326 g/mol. The van der Waals surface area contributed by atoms with Gasteiger partial charge in [-0.3, -0.25) is 0 Å². The second kappa shape index (κ2) is 7.29. The van der Waals surface area contributed by atoms with Crippen molar-refractivity contribution in [2.75, 3.05) is 18.4 Å². The van der Waals surface area contributed by atoms with Crippen LogP contribution in [-0.2, 0) is 10.9 Å². The lowest BCUT2D eigenvalue weighted by molar-refractivity contribution is -0.137. The summed E-state index contributed by atoms with van der Waals surface area (Å²) in [5.74, 6) is 0.215. The zero-order valence-electron chi connectivity index (χ0n) is 11.8. The van der Waals surface area contributed by atoms with Gasteiger partial charge in [0.05, 0.1) is 23.8 Å². The first-order valence-corrected chi connectivity index (χ1v) is 6.52. The maximum absolute atomic E-state index is 12.6. The number of ether oxygens (including phenoxy) is 1. The van der Waals surface area contributed by atoms with Crippen molar-refractivity contribution in [2.45, 2.75) is 38.3 Å². The van der Waals surface area contributed by atoms with Crippen LogP contribution >= 0.6 is 12.4 Å². The molecule has 2 heterocycles. The third-order valence-electron chi connectivity index (χ3n) is 3.27. The fourth-order valence-corrected chi connectivity index (χ4v) is 2.15. The van der Waals surface area contributed by atoms with Gasteiger partial charge in [0.25, 0.3) is 0 Å². The van der Waals surface area contributed by atoms with Crippen molar-refractivity contribution >= 4 is 18.2 Å². The molecule has 21 heavy (non-hydrogen) atoms. The lowest BCUT2D eigenvalue weighted by atomic mass is 10.1. The molecule has 0 aromatic carbocycles. The van der Waals surface area contributed by atoms with Crippen LogP contribution in [0, 0.1) is 0 Å². The molecular formula is C13H19ClF3N3O. The van der Waals surface area contributed by atoms with Crippen molar-refractivity contribution in [1.29, 1.82) is 0 Å². The Hall–Kier alpha value is -1.05. The highest BCUT2D eigenvalue weighted by molar-refractivity contribution is 5.85. The van der Waals surface area contributed by atoms with E-state index in [-0.39, 0.29) is 36.5 Å². The number of nitrogens with one attached hydrogen (secondary N) is 2. The number of halogens is 4. The molecule has 1 aromatic rings. The Kier molecular flexibility index (Phi) is 6.24. The molecule has 2 N–H and O–H groups in total. The van der Waals surface area contributed by atoms with E-state index in [4.69, 9.17) is 4.74 Å². The molecule has 3 atom stereocenters. The minimum absolute atomic E-state index is 0. The Labute approximate surface area is 127 Å². The number of hydrogen-bond acceptors (Lipinski definition) is 4. The van der Waals surface area contributed by atoms with Crippen LogP contribution in [0.3, 0.4) is 0 Å². The topological polar surface area (TPSA) is 46.2 Å². The second-order valence-corrected chi connectivity index (χ2v) is 4.97. The number of pyridine rings is 1. The Morgan fingerprint density at radius 1 is 1.43 bits per heavy atom. The normalized spacial score (nSPS) is 26.0. The van der Waals surface area contributed by atoms with Gasteiger partial charge in [-0.05, 0) is 26.0 Å². The number of anilines is 1. The summed E-state index contributed by atoms with van der Waals surface area (Å²) in [4.78, 5) is 3.90. The van der Waals surface area contributed by atoms with E-state index in [2.05, 4.69) is 15.6 Å². The zero-order valence-corrected chi connectivity index (χ0v) is 12.6. The Bertz CT molecular complexity index is 459. The second-order valence-electron chi connectivity index (χ2n) is 4.97. The van der Waals surface area contributed by atoms with Gasteiger partial charge in [-0.25, -0.2) is 4.98 Å². The van der Waals surface area contributed by atoms with Crippen LogP contribution in [0.15, 0.2) is 18.3 Å². The van der Waals surface area contributed by atoms with E-state index < -0.39 is 11.7 Å². The summed E-state index contributed by atoms with van der Waals surface area (Å²) in [6.45, 7) is 5.10. The molecule has 1 aliphatic heterocycles. The molecular weight excluding hydrogens is 307 g/mol. The minimum Gasteiger partial charge on any atom is -0.373 e. The summed E-state index contributed by atoms with van der Waals surface area (Å²) >= 11 is 0. The summed E-state index contributed by atoms with van der Waals surface area (Å²) in [5, 5.41) is 6.21. The van der Waals surface area contributed by atoms with E-state index >= 15 is 0 Å². The number of aromatic nitrogens is 1. The van der Waals surface area contributed by atoms with Crippen LogP contribution in [-0.4, -0.2) is 36.3 Å². The predicted molar refractivity (Wildman–Crippen MR) is 76.8 cm³/mol. The van der Waals surface area contributed by atoms with E-state index in [1.54, 1.807) is 0 Å². The van der Waals surface area contributed by atoms with E-state index in [1.165, 1.54) is 0 Å². The van der Waals surface area contributed by atoms with E-state index in [1.807, 2.05) is 13.8 Å². The average Bonchev–Trinajstić information content (AvgIpc) is 2.37. The number of morpholine rings is 1. The van der Waals surface area contributed by atoms with Gasteiger partial charge in [-0.15, -0.1) is 12.4 Å². The first-order chi connectivity index (χ1) is 9.36. The number of alkyl halides is 3. The molecule has 0 radical (unpaired) electrons. The number of hydrogen-bond donors (Lipinski definition) is 2. The summed E-state index contributed by atoms with van der Waals surface area (Å²) in [5.41, 5.74) is -0.704. The number of nitrogens with zero attached hydrogens (tertiary/aromatic N) is 1. The molecule has 0 aliphatic carbocycles. The lowest BCUT2D eigenvalue weighted by Gasteiger charge is -2.34. The van der Waals surface area contributed by atoms with Gasteiger partial charge in [0.1, 0.15) is 5.82 Å². The van der Waals surface area contributed by atoms with E-state index in [0.29, 0.717) is 6.54 Å². The lowest BCUT2D eigenvalue weighted by Crippen LogP contribution is -2.53. The molecule has 4 nitrogen and oxygen atoms in total. The van der Waals surface area contributed by atoms with Crippen LogP contribution < -0.4 is 10.6 Å². The van der Waals surface area contributed by atoms with Gasteiger partial charge in [0.15, 0.2) is 0 Å². The first kappa shape index (κ1) is 18.0. The fraction of sp³-hybridized carbons (Fsp3) is 0.615. The summed E-state index contributed by atoms with van der Waals surface area (Å²) in [6, 6.07) is 2.01. The Morgan fingerprint density at radius 2 is 2.14 bits per heavy atom. The van der Waals surface area contributed by atoms with Gasteiger partial charge in [0.2, 0.25) is 0 Å². The highest BCUT2D eigenvalue weighted by Crippen LogP contribution is 2.29. The number of rotatable bonds is 3. The maximum Gasteiger partial charge on any atom is 0.416 e. The SMILES string of the molecule is C[C@@H]1O[C@@H](C)CN[C@@H]1CNc1cc(C(F)(F)F)ccn1.Cl. The Morgan fingerprint density at radius 3 is 2.76 bits per heavy atom. The predicted octanol–water partition coefficient (Wildman–Crippen LogP) is 2.70. The van der Waals surface area contributed by atoms with Crippen molar-refractivity contribution in [3.63, 3.8) is 0 Å². The molecule has 0 saturated carbocycles. The van der Waals surface area contributed by atoms with Gasteiger partial charge < -0.3 is 15.4 Å². The maximum atomic E-state index is 12.6. The third-order valence-corrected chi connectivity index (χ3v) is 3.27. The minimum atomic E-state index is -4.35. The van der Waals surface area contributed by atoms with E-state index in [0.717, 1.165) is 24.9 Å². The molecule has 0 bridgehead atoms. The molecule has 0 spiro atoms. The monoisotopic (exact) mass is 325 g/mol. The molecule has 1 fully saturated rings. The van der Waals surface area contributed by atoms with Crippen LogP contribution in [0.1, 0.15) is 19.4 Å². The molecule has 1 saturated heterocycles. The summed E-state index contributed by atoms with van der Waals surface area (Å²) < 4.78 is 43.4. The molecule has 120 valence electrons. The van der Waals surface area contributed by atoms with Crippen LogP contribution in [0.25, 0.3) is 0 Å². The third kappa shape index (κ3) is 5.01. The van der Waals surface area contributed by atoms with Crippen molar-refractivity contribution in [3.8, 4) is 0 Å². The molecule has 1 aromatic heterocycles. The first-order valence-electron chi connectivity index (χ1n) is 6.52. The van der Waals surface area contributed by atoms with Gasteiger partial charge in [-0.2, -0.15) is 13.2 Å². The highest BCUT2D eigenvalue weighted by atomic mass is 35.5. The van der Waals surface area contributed by atoms with Crippen LogP contribution in [0.4, 0.5) is 19.0 Å². The quantitative estimate of drug-likeness (QED) is 0.897. The van der Waals surface area contributed by atoms with Crippen LogP contribution in [0.5, 0.6) is 0 Å². The highest BCUT2D eigenvalue weighted by Gasteiger charge is 2.31. The summed E-state index contributed by atoms with van der Waals surface area (Å²) in [7, 11) is 0. The smallest absolute Gasteiger partial charge is 0.373 e.